The standard InChI is InChI=1S/C18H22N4S/c1-16-7-5-8-17(15-16)22-13-10-19-18(22)23-14-4-2-3-11-21-12-6-9-20-21/h5-10,12-13,15H,2-4,11,14H2,1H3. The molecule has 0 amide bonds. The first kappa shape index (κ1) is 15.9. The summed E-state index contributed by atoms with van der Waals surface area (Å²) in [6.45, 7) is 3.13. The van der Waals surface area contributed by atoms with Crippen LogP contribution in [0.1, 0.15) is 24.8 Å². The molecule has 0 unspecified atom stereocenters. The average molecular weight is 326 g/mol. The average Bonchev–Trinajstić information content (AvgIpc) is 3.22. The minimum Gasteiger partial charge on any atom is -0.295 e. The van der Waals surface area contributed by atoms with E-state index in [1.807, 2.05) is 47.3 Å². The van der Waals surface area contributed by atoms with E-state index < -0.39 is 0 Å². The fourth-order valence-electron chi connectivity index (χ4n) is 2.52. The molecule has 0 aliphatic rings. The third-order valence-corrected chi connectivity index (χ3v) is 4.76. The van der Waals surface area contributed by atoms with Crippen LogP contribution in [0.25, 0.3) is 5.69 Å². The van der Waals surface area contributed by atoms with Gasteiger partial charge in [0.2, 0.25) is 0 Å². The lowest BCUT2D eigenvalue weighted by atomic mass is 10.2. The van der Waals surface area contributed by atoms with Crippen LogP contribution in [0.15, 0.2) is 60.3 Å². The number of nitrogens with zero attached hydrogens (tertiary/aromatic N) is 4. The molecule has 0 saturated heterocycles. The first-order chi connectivity index (χ1) is 11.3. The fourth-order valence-corrected chi connectivity index (χ4v) is 3.49. The van der Waals surface area contributed by atoms with Gasteiger partial charge in [-0.05, 0) is 43.5 Å². The molecule has 120 valence electrons. The Hall–Kier alpha value is -2.01. The van der Waals surface area contributed by atoms with E-state index in [1.54, 1.807) is 0 Å². The molecular weight excluding hydrogens is 304 g/mol. The second kappa shape index (κ2) is 8.02. The van der Waals surface area contributed by atoms with Crippen molar-refractivity contribution in [1.82, 2.24) is 19.3 Å². The zero-order valence-corrected chi connectivity index (χ0v) is 14.2. The molecule has 0 bridgehead atoms. The number of hydrogen-bond donors (Lipinski definition) is 0. The maximum absolute atomic E-state index is 4.49. The second-order valence-corrected chi connectivity index (χ2v) is 6.66. The molecule has 1 aromatic carbocycles. The normalized spacial score (nSPS) is 11.0. The van der Waals surface area contributed by atoms with Gasteiger partial charge in [0.1, 0.15) is 0 Å². The molecule has 0 N–H and O–H groups in total. The number of unbranched alkanes of at least 4 members (excludes halogenated alkanes) is 2. The van der Waals surface area contributed by atoms with Crippen molar-refractivity contribution in [3.8, 4) is 5.69 Å². The van der Waals surface area contributed by atoms with Crippen LogP contribution in [0.4, 0.5) is 0 Å². The maximum atomic E-state index is 4.49. The van der Waals surface area contributed by atoms with E-state index in [-0.39, 0.29) is 0 Å². The van der Waals surface area contributed by atoms with Gasteiger partial charge in [-0.1, -0.05) is 30.3 Å². The number of aromatic nitrogens is 4. The molecule has 0 aliphatic heterocycles. The van der Waals surface area contributed by atoms with Crippen LogP contribution in [0.3, 0.4) is 0 Å². The highest BCUT2D eigenvalue weighted by Crippen LogP contribution is 2.22. The van der Waals surface area contributed by atoms with Crippen molar-refractivity contribution in [3.63, 3.8) is 0 Å². The Bertz CT molecular complexity index is 718. The van der Waals surface area contributed by atoms with E-state index in [4.69, 9.17) is 0 Å². The Kier molecular flexibility index (Phi) is 5.53. The molecule has 4 nitrogen and oxygen atoms in total. The fraction of sp³-hybridized carbons (Fsp3) is 0.333. The Morgan fingerprint density at radius 2 is 2.00 bits per heavy atom. The van der Waals surface area contributed by atoms with Crippen molar-refractivity contribution in [2.24, 2.45) is 0 Å². The summed E-state index contributed by atoms with van der Waals surface area (Å²) >= 11 is 1.83. The smallest absolute Gasteiger partial charge is 0.172 e. The quantitative estimate of drug-likeness (QED) is 0.456. The molecule has 5 heteroatoms. The summed E-state index contributed by atoms with van der Waals surface area (Å²) in [6.07, 6.45) is 11.4. The van der Waals surface area contributed by atoms with Crippen LogP contribution < -0.4 is 0 Å². The molecule has 23 heavy (non-hydrogen) atoms. The number of benzene rings is 1. The Labute approximate surface area is 141 Å². The summed E-state index contributed by atoms with van der Waals surface area (Å²) in [7, 11) is 0. The number of rotatable bonds is 8. The summed E-state index contributed by atoms with van der Waals surface area (Å²) in [5.41, 5.74) is 2.45. The molecule has 0 saturated carbocycles. The van der Waals surface area contributed by atoms with Gasteiger partial charge in [-0.25, -0.2) is 4.98 Å². The lowest BCUT2D eigenvalue weighted by molar-refractivity contribution is 0.554. The van der Waals surface area contributed by atoms with Crippen LogP contribution in [0, 0.1) is 6.92 Å². The van der Waals surface area contributed by atoms with E-state index in [2.05, 4.69) is 45.8 Å². The number of hydrogen-bond acceptors (Lipinski definition) is 3. The predicted octanol–water partition coefficient (Wildman–Crippen LogP) is 4.34. The van der Waals surface area contributed by atoms with Gasteiger partial charge in [-0.2, -0.15) is 5.10 Å². The number of thioether (sulfide) groups is 1. The van der Waals surface area contributed by atoms with Crippen molar-refractivity contribution in [2.75, 3.05) is 5.75 Å². The van der Waals surface area contributed by atoms with Crippen LogP contribution in [-0.2, 0) is 6.54 Å². The molecule has 0 fully saturated rings. The monoisotopic (exact) mass is 326 g/mol. The van der Waals surface area contributed by atoms with Crippen LogP contribution in [0.5, 0.6) is 0 Å². The zero-order chi connectivity index (χ0) is 15.9. The summed E-state index contributed by atoms with van der Waals surface area (Å²) in [6, 6.07) is 10.5. The van der Waals surface area contributed by atoms with Crippen LogP contribution in [0.2, 0.25) is 0 Å². The third kappa shape index (κ3) is 4.48. The van der Waals surface area contributed by atoms with Gasteiger partial charge < -0.3 is 0 Å². The molecule has 3 rings (SSSR count). The van der Waals surface area contributed by atoms with E-state index in [1.165, 1.54) is 30.5 Å². The number of imidazole rings is 1. The zero-order valence-electron chi connectivity index (χ0n) is 13.4. The number of aryl methyl sites for hydroxylation is 2. The minimum absolute atomic E-state index is 1.01. The van der Waals surface area contributed by atoms with Crippen molar-refractivity contribution < 1.29 is 0 Å². The van der Waals surface area contributed by atoms with Crippen molar-refractivity contribution >= 4 is 11.8 Å². The lowest BCUT2D eigenvalue weighted by Crippen LogP contribution is -1.98. The third-order valence-electron chi connectivity index (χ3n) is 3.71. The van der Waals surface area contributed by atoms with Gasteiger partial charge in [-0.15, -0.1) is 0 Å². The van der Waals surface area contributed by atoms with Crippen LogP contribution in [-0.4, -0.2) is 25.1 Å². The lowest BCUT2D eigenvalue weighted by Gasteiger charge is -2.08. The van der Waals surface area contributed by atoms with Crippen LogP contribution >= 0.6 is 11.8 Å². The van der Waals surface area contributed by atoms with E-state index in [0.29, 0.717) is 0 Å². The SMILES string of the molecule is Cc1cccc(-n2ccnc2SCCCCCn2cccn2)c1. The molecule has 0 radical (unpaired) electrons. The molecule has 0 spiro atoms. The van der Waals surface area contributed by atoms with Crippen molar-refractivity contribution in [3.05, 3.63) is 60.7 Å². The van der Waals surface area contributed by atoms with Crippen molar-refractivity contribution in [1.29, 1.82) is 0 Å². The largest absolute Gasteiger partial charge is 0.295 e. The maximum Gasteiger partial charge on any atom is 0.172 e. The van der Waals surface area contributed by atoms with E-state index in [0.717, 1.165) is 17.5 Å². The van der Waals surface area contributed by atoms with Gasteiger partial charge in [0.05, 0.1) is 0 Å². The molecule has 0 aliphatic carbocycles. The van der Waals surface area contributed by atoms with E-state index in [9.17, 15) is 0 Å². The van der Waals surface area contributed by atoms with E-state index >= 15 is 0 Å². The van der Waals surface area contributed by atoms with Gasteiger partial charge in [-0.3, -0.25) is 9.25 Å². The Morgan fingerprint density at radius 3 is 2.83 bits per heavy atom. The summed E-state index contributed by atoms with van der Waals surface area (Å²) in [4.78, 5) is 4.49. The topological polar surface area (TPSA) is 35.6 Å². The second-order valence-electron chi connectivity index (χ2n) is 5.60. The van der Waals surface area contributed by atoms with Gasteiger partial charge in [0, 0.05) is 42.8 Å². The molecule has 2 heterocycles. The summed E-state index contributed by atoms with van der Waals surface area (Å²) in [5, 5.41) is 5.30. The Balaban J connectivity index is 1.45. The summed E-state index contributed by atoms with van der Waals surface area (Å²) in [5.74, 6) is 1.10. The molecular formula is C18H22N4S. The Morgan fingerprint density at radius 1 is 1.04 bits per heavy atom. The van der Waals surface area contributed by atoms with Gasteiger partial charge in [0.25, 0.3) is 0 Å². The van der Waals surface area contributed by atoms with Gasteiger partial charge in [0.15, 0.2) is 5.16 Å². The molecule has 3 aromatic rings. The summed E-state index contributed by atoms with van der Waals surface area (Å²) < 4.78 is 4.17. The molecule has 0 atom stereocenters. The highest BCUT2D eigenvalue weighted by Gasteiger charge is 2.05. The highest BCUT2D eigenvalue weighted by molar-refractivity contribution is 7.99. The first-order valence-corrected chi connectivity index (χ1v) is 9.02. The molecule has 2 aromatic heterocycles. The van der Waals surface area contributed by atoms with Gasteiger partial charge >= 0.3 is 0 Å². The first-order valence-electron chi connectivity index (χ1n) is 8.03. The van der Waals surface area contributed by atoms with Crippen molar-refractivity contribution in [2.45, 2.75) is 37.9 Å². The highest BCUT2D eigenvalue weighted by atomic mass is 32.2. The minimum atomic E-state index is 1.01. The predicted molar refractivity (Wildman–Crippen MR) is 95.1 cm³/mol.